The molecule has 2 N–H and O–H groups in total. The molecule has 0 unspecified atom stereocenters. The van der Waals surface area contributed by atoms with Gasteiger partial charge in [-0.3, -0.25) is 4.90 Å². The van der Waals surface area contributed by atoms with Gasteiger partial charge in [-0.1, -0.05) is 12.8 Å². The molecule has 2 aliphatic rings. The monoisotopic (exact) mass is 168 g/mol. The molecule has 0 atom stereocenters. The minimum Gasteiger partial charge on any atom is -0.329 e. The predicted octanol–water partition coefficient (Wildman–Crippen LogP) is 1.35. The lowest BCUT2D eigenvalue weighted by Crippen LogP contribution is -2.43. The zero-order valence-electron chi connectivity index (χ0n) is 7.89. The van der Waals surface area contributed by atoms with Crippen LogP contribution in [0.5, 0.6) is 0 Å². The van der Waals surface area contributed by atoms with E-state index < -0.39 is 0 Å². The molecule has 12 heavy (non-hydrogen) atoms. The van der Waals surface area contributed by atoms with Crippen molar-refractivity contribution in [3.8, 4) is 0 Å². The van der Waals surface area contributed by atoms with E-state index in [9.17, 15) is 0 Å². The molecule has 2 fully saturated rings. The molecule has 2 rings (SSSR count). The van der Waals surface area contributed by atoms with Crippen molar-refractivity contribution in [3.05, 3.63) is 0 Å². The first-order valence-corrected chi connectivity index (χ1v) is 5.32. The third-order valence-corrected chi connectivity index (χ3v) is 3.67. The first-order chi connectivity index (χ1) is 5.87. The lowest BCUT2D eigenvalue weighted by Gasteiger charge is -2.34. The molecule has 1 aliphatic carbocycles. The van der Waals surface area contributed by atoms with Gasteiger partial charge in [0.2, 0.25) is 0 Å². The molecule has 0 aromatic carbocycles. The molecule has 1 saturated heterocycles. The molecular formula is C10H20N2. The highest BCUT2D eigenvalue weighted by atomic mass is 15.2. The summed E-state index contributed by atoms with van der Waals surface area (Å²) in [6.45, 7) is 3.26. The Hall–Kier alpha value is -0.0800. The van der Waals surface area contributed by atoms with Crippen molar-refractivity contribution in [1.29, 1.82) is 0 Å². The van der Waals surface area contributed by atoms with Crippen LogP contribution >= 0.6 is 0 Å². The molecule has 70 valence electrons. The van der Waals surface area contributed by atoms with Crippen molar-refractivity contribution in [3.63, 3.8) is 0 Å². The van der Waals surface area contributed by atoms with Gasteiger partial charge in [-0.25, -0.2) is 0 Å². The van der Waals surface area contributed by atoms with Crippen molar-refractivity contribution in [1.82, 2.24) is 4.90 Å². The molecule has 1 aliphatic heterocycles. The first-order valence-electron chi connectivity index (χ1n) is 5.32. The topological polar surface area (TPSA) is 29.3 Å². The Morgan fingerprint density at radius 1 is 1.08 bits per heavy atom. The smallest absolute Gasteiger partial charge is 0.0210 e. The molecule has 0 amide bonds. The lowest BCUT2D eigenvalue weighted by atomic mass is 9.94. The second kappa shape index (κ2) is 3.35. The molecular weight excluding hydrogens is 148 g/mol. The Bertz CT molecular complexity index is 144. The Morgan fingerprint density at radius 3 is 2.42 bits per heavy atom. The normalized spacial score (nSPS) is 28.8. The SMILES string of the molecule is NCCN1CCCC12CCCC2. The molecule has 0 bridgehead atoms. The van der Waals surface area contributed by atoms with Gasteiger partial charge in [0, 0.05) is 18.6 Å². The van der Waals surface area contributed by atoms with Crippen LogP contribution in [0, 0.1) is 0 Å². The number of hydrogen-bond acceptors (Lipinski definition) is 2. The first kappa shape index (κ1) is 8.52. The van der Waals surface area contributed by atoms with Crippen LogP contribution in [0.15, 0.2) is 0 Å². The van der Waals surface area contributed by atoms with Gasteiger partial charge < -0.3 is 5.73 Å². The Kier molecular flexibility index (Phi) is 2.37. The van der Waals surface area contributed by atoms with Gasteiger partial charge in [0.15, 0.2) is 0 Å². The van der Waals surface area contributed by atoms with Gasteiger partial charge in [-0.2, -0.15) is 0 Å². The van der Waals surface area contributed by atoms with Crippen LogP contribution in [-0.4, -0.2) is 30.1 Å². The van der Waals surface area contributed by atoms with Crippen molar-refractivity contribution >= 4 is 0 Å². The highest BCUT2D eigenvalue weighted by molar-refractivity contribution is 4.98. The molecule has 2 heteroatoms. The predicted molar refractivity (Wildman–Crippen MR) is 51.1 cm³/mol. The van der Waals surface area contributed by atoms with Crippen LogP contribution < -0.4 is 5.73 Å². The van der Waals surface area contributed by atoms with E-state index in [0.717, 1.165) is 13.1 Å². The maximum absolute atomic E-state index is 5.62. The summed E-state index contributed by atoms with van der Waals surface area (Å²) in [5.74, 6) is 0. The zero-order valence-corrected chi connectivity index (χ0v) is 7.89. The van der Waals surface area contributed by atoms with Gasteiger partial charge in [0.05, 0.1) is 0 Å². The summed E-state index contributed by atoms with van der Waals surface area (Å²) >= 11 is 0. The fourth-order valence-corrected chi connectivity index (χ4v) is 3.10. The van der Waals surface area contributed by atoms with Crippen LogP contribution in [0.1, 0.15) is 38.5 Å². The quantitative estimate of drug-likeness (QED) is 0.674. The van der Waals surface area contributed by atoms with Gasteiger partial charge in [-0.05, 0) is 32.2 Å². The number of likely N-dealkylation sites (tertiary alicyclic amines) is 1. The number of rotatable bonds is 2. The number of nitrogens with two attached hydrogens (primary N) is 1. The second-order valence-corrected chi connectivity index (χ2v) is 4.31. The molecule has 0 radical (unpaired) electrons. The molecule has 0 aromatic rings. The van der Waals surface area contributed by atoms with Gasteiger partial charge in [0.25, 0.3) is 0 Å². The standard InChI is InChI=1S/C10H20N2/c11-7-9-12-8-3-6-10(12)4-1-2-5-10/h1-9,11H2. The highest BCUT2D eigenvalue weighted by Crippen LogP contribution is 2.42. The van der Waals surface area contributed by atoms with E-state index >= 15 is 0 Å². The van der Waals surface area contributed by atoms with Crippen LogP contribution in [0.2, 0.25) is 0 Å². The fourth-order valence-electron chi connectivity index (χ4n) is 3.10. The average Bonchev–Trinajstić information content (AvgIpc) is 2.66. The second-order valence-electron chi connectivity index (χ2n) is 4.31. The van der Waals surface area contributed by atoms with Crippen molar-refractivity contribution < 1.29 is 0 Å². The number of hydrogen-bond donors (Lipinski definition) is 1. The molecule has 2 nitrogen and oxygen atoms in total. The molecule has 1 heterocycles. The zero-order chi connectivity index (χ0) is 8.44. The van der Waals surface area contributed by atoms with Crippen molar-refractivity contribution in [2.45, 2.75) is 44.1 Å². The van der Waals surface area contributed by atoms with Crippen LogP contribution in [-0.2, 0) is 0 Å². The van der Waals surface area contributed by atoms with Crippen LogP contribution in [0.25, 0.3) is 0 Å². The maximum Gasteiger partial charge on any atom is 0.0210 e. The molecule has 1 saturated carbocycles. The van der Waals surface area contributed by atoms with E-state index in [-0.39, 0.29) is 0 Å². The van der Waals surface area contributed by atoms with E-state index in [1.807, 2.05) is 0 Å². The third kappa shape index (κ3) is 1.27. The van der Waals surface area contributed by atoms with Crippen molar-refractivity contribution in [2.24, 2.45) is 5.73 Å². The Labute approximate surface area is 75.1 Å². The maximum atomic E-state index is 5.62. The van der Waals surface area contributed by atoms with Crippen LogP contribution in [0.3, 0.4) is 0 Å². The van der Waals surface area contributed by atoms with Crippen LogP contribution in [0.4, 0.5) is 0 Å². The summed E-state index contributed by atoms with van der Waals surface area (Å²) in [7, 11) is 0. The summed E-state index contributed by atoms with van der Waals surface area (Å²) in [6.07, 6.45) is 8.61. The highest BCUT2D eigenvalue weighted by Gasteiger charge is 2.41. The average molecular weight is 168 g/mol. The summed E-state index contributed by atoms with van der Waals surface area (Å²) in [4.78, 5) is 2.65. The Balaban J connectivity index is 2.01. The van der Waals surface area contributed by atoms with Gasteiger partial charge >= 0.3 is 0 Å². The van der Waals surface area contributed by atoms with E-state index in [1.54, 1.807) is 0 Å². The largest absolute Gasteiger partial charge is 0.329 e. The minimum absolute atomic E-state index is 0.610. The van der Waals surface area contributed by atoms with Crippen molar-refractivity contribution in [2.75, 3.05) is 19.6 Å². The third-order valence-electron chi connectivity index (χ3n) is 3.67. The van der Waals surface area contributed by atoms with Gasteiger partial charge in [-0.15, -0.1) is 0 Å². The summed E-state index contributed by atoms with van der Waals surface area (Å²) < 4.78 is 0. The van der Waals surface area contributed by atoms with E-state index in [2.05, 4.69) is 4.90 Å². The summed E-state index contributed by atoms with van der Waals surface area (Å²) in [5.41, 5.74) is 6.23. The van der Waals surface area contributed by atoms with E-state index in [4.69, 9.17) is 5.73 Å². The lowest BCUT2D eigenvalue weighted by molar-refractivity contribution is 0.147. The molecule has 0 aromatic heterocycles. The summed E-state index contributed by atoms with van der Waals surface area (Å²) in [6, 6.07) is 0. The van der Waals surface area contributed by atoms with E-state index in [0.29, 0.717) is 5.54 Å². The number of nitrogens with zero attached hydrogens (tertiary/aromatic N) is 1. The van der Waals surface area contributed by atoms with E-state index in [1.165, 1.54) is 45.1 Å². The summed E-state index contributed by atoms with van der Waals surface area (Å²) in [5, 5.41) is 0. The fraction of sp³-hybridized carbons (Fsp3) is 1.00. The van der Waals surface area contributed by atoms with Gasteiger partial charge in [0.1, 0.15) is 0 Å². The Morgan fingerprint density at radius 2 is 1.75 bits per heavy atom. The molecule has 1 spiro atoms. The minimum atomic E-state index is 0.610.